The van der Waals surface area contributed by atoms with Crippen LogP contribution in [0.15, 0.2) is 0 Å². The number of aliphatic carboxylic acids is 1. The molecule has 0 aromatic rings. The van der Waals surface area contributed by atoms with Gasteiger partial charge in [-0.1, -0.05) is 13.3 Å². The molecule has 1 saturated heterocycles. The van der Waals surface area contributed by atoms with E-state index >= 15 is 0 Å². The molecule has 0 bridgehead atoms. The summed E-state index contributed by atoms with van der Waals surface area (Å²) in [6, 6.07) is 0. The predicted molar refractivity (Wildman–Crippen MR) is 66.1 cm³/mol. The monoisotopic (exact) mass is 258 g/mol. The van der Waals surface area contributed by atoms with Gasteiger partial charge >= 0.3 is 5.97 Å². The molecule has 0 radical (unpaired) electrons. The maximum absolute atomic E-state index is 11.0. The zero-order valence-electron chi connectivity index (χ0n) is 10.8. The van der Waals surface area contributed by atoms with Gasteiger partial charge in [-0.25, -0.2) is 4.79 Å². The van der Waals surface area contributed by atoms with Gasteiger partial charge in [0.2, 0.25) is 5.91 Å². The Kier molecular flexibility index (Phi) is 6.07. The summed E-state index contributed by atoms with van der Waals surface area (Å²) in [6.45, 7) is 3.65. The lowest BCUT2D eigenvalue weighted by Crippen LogP contribution is -2.39. The lowest BCUT2D eigenvalue weighted by atomic mass is 10.2. The van der Waals surface area contributed by atoms with Crippen molar-refractivity contribution in [2.45, 2.75) is 44.8 Å². The summed E-state index contributed by atoms with van der Waals surface area (Å²) in [5.41, 5.74) is 5.20. The predicted octanol–water partition coefficient (Wildman–Crippen LogP) is 0.206. The maximum Gasteiger partial charge on any atom is 0.332 e. The first kappa shape index (κ1) is 14.9. The van der Waals surface area contributed by atoms with Gasteiger partial charge in [0.1, 0.15) is 0 Å². The van der Waals surface area contributed by atoms with Gasteiger partial charge in [-0.05, 0) is 25.8 Å². The smallest absolute Gasteiger partial charge is 0.332 e. The fourth-order valence-electron chi connectivity index (χ4n) is 2.15. The normalized spacial score (nSPS) is 23.4. The van der Waals surface area contributed by atoms with E-state index in [9.17, 15) is 9.59 Å². The van der Waals surface area contributed by atoms with E-state index in [1.165, 1.54) is 0 Å². The van der Waals surface area contributed by atoms with Crippen LogP contribution in [-0.4, -0.2) is 53.7 Å². The Morgan fingerprint density at radius 1 is 1.44 bits per heavy atom. The summed E-state index contributed by atoms with van der Waals surface area (Å²) in [5.74, 6) is -1.27. The molecule has 6 heteroatoms. The van der Waals surface area contributed by atoms with Crippen LogP contribution in [-0.2, 0) is 14.3 Å². The number of nitrogens with zero attached hydrogens (tertiary/aromatic N) is 1. The highest BCUT2D eigenvalue weighted by atomic mass is 16.5. The lowest BCUT2D eigenvalue weighted by Gasteiger charge is -2.23. The van der Waals surface area contributed by atoms with E-state index in [1.807, 2.05) is 4.90 Å². The molecule has 1 heterocycles. The average molecular weight is 258 g/mol. The molecule has 0 aromatic carbocycles. The molecule has 0 aromatic heterocycles. The summed E-state index contributed by atoms with van der Waals surface area (Å²) in [7, 11) is 0. The Morgan fingerprint density at radius 2 is 2.17 bits per heavy atom. The molecule has 0 spiro atoms. The van der Waals surface area contributed by atoms with Gasteiger partial charge in [0, 0.05) is 6.54 Å². The third kappa shape index (κ3) is 5.01. The van der Waals surface area contributed by atoms with E-state index in [1.54, 1.807) is 0 Å². The molecule has 104 valence electrons. The zero-order valence-corrected chi connectivity index (χ0v) is 10.8. The first-order chi connectivity index (χ1) is 8.52. The Balaban J connectivity index is 2.40. The molecule has 3 N–H and O–H groups in total. The largest absolute Gasteiger partial charge is 0.479 e. The first-order valence-corrected chi connectivity index (χ1v) is 6.41. The van der Waals surface area contributed by atoms with Gasteiger partial charge in [-0.2, -0.15) is 0 Å². The van der Waals surface area contributed by atoms with Crippen molar-refractivity contribution in [3.05, 3.63) is 0 Å². The fraction of sp³-hybridized carbons (Fsp3) is 0.833. The molecule has 2 unspecified atom stereocenters. The number of hydrogen-bond acceptors (Lipinski definition) is 4. The summed E-state index contributed by atoms with van der Waals surface area (Å²) in [6.07, 6.45) is 2.48. The molecular weight excluding hydrogens is 236 g/mol. The van der Waals surface area contributed by atoms with Gasteiger partial charge in [0.15, 0.2) is 6.10 Å². The minimum absolute atomic E-state index is 0.109. The van der Waals surface area contributed by atoms with E-state index in [0.29, 0.717) is 13.0 Å². The summed E-state index contributed by atoms with van der Waals surface area (Å²) < 4.78 is 5.42. The lowest BCUT2D eigenvalue weighted by molar-refractivity contribution is -0.149. The highest BCUT2D eigenvalue weighted by Crippen LogP contribution is 2.20. The van der Waals surface area contributed by atoms with Crippen molar-refractivity contribution in [1.82, 2.24) is 4.90 Å². The van der Waals surface area contributed by atoms with Crippen LogP contribution in [0.25, 0.3) is 0 Å². The average Bonchev–Trinajstić information content (AvgIpc) is 2.73. The standard InChI is InChI=1S/C12H22N2O4/c1-2-3-6-14(8-11(13)15)7-9-4-5-10(18-9)12(16)17/h9-10H,2-8H2,1H3,(H2,13,15)(H,16,17). The van der Waals surface area contributed by atoms with Crippen LogP contribution < -0.4 is 5.73 Å². The van der Waals surface area contributed by atoms with Crippen LogP contribution in [0.2, 0.25) is 0 Å². The van der Waals surface area contributed by atoms with E-state index in [2.05, 4.69) is 6.92 Å². The van der Waals surface area contributed by atoms with Crippen LogP contribution in [0, 0.1) is 0 Å². The Hall–Kier alpha value is -1.14. The molecule has 1 rings (SSSR count). The van der Waals surface area contributed by atoms with Crippen molar-refractivity contribution >= 4 is 11.9 Å². The summed E-state index contributed by atoms with van der Waals surface area (Å²) in [4.78, 5) is 23.7. The number of ether oxygens (including phenoxy) is 1. The molecular formula is C12H22N2O4. The van der Waals surface area contributed by atoms with Crippen molar-refractivity contribution < 1.29 is 19.4 Å². The number of carboxylic acids is 1. The van der Waals surface area contributed by atoms with E-state index in [-0.39, 0.29) is 18.6 Å². The van der Waals surface area contributed by atoms with E-state index in [0.717, 1.165) is 25.8 Å². The summed E-state index contributed by atoms with van der Waals surface area (Å²) >= 11 is 0. The highest BCUT2D eigenvalue weighted by molar-refractivity contribution is 5.75. The number of amides is 1. The van der Waals surface area contributed by atoms with Gasteiger partial charge in [0.25, 0.3) is 0 Å². The molecule has 18 heavy (non-hydrogen) atoms. The Labute approximate surface area is 107 Å². The minimum Gasteiger partial charge on any atom is -0.479 e. The van der Waals surface area contributed by atoms with Crippen molar-refractivity contribution in [2.24, 2.45) is 5.73 Å². The second kappa shape index (κ2) is 7.33. The molecule has 2 atom stereocenters. The molecule has 6 nitrogen and oxygen atoms in total. The third-order valence-corrected chi connectivity index (χ3v) is 3.05. The van der Waals surface area contributed by atoms with Crippen molar-refractivity contribution in [3.8, 4) is 0 Å². The number of carbonyl (C=O) groups excluding carboxylic acids is 1. The number of hydrogen-bond donors (Lipinski definition) is 2. The molecule has 1 fully saturated rings. The minimum atomic E-state index is -0.910. The number of carbonyl (C=O) groups is 2. The molecule has 0 saturated carbocycles. The first-order valence-electron chi connectivity index (χ1n) is 6.41. The van der Waals surface area contributed by atoms with Gasteiger partial charge in [-0.3, -0.25) is 9.69 Å². The molecule has 1 aliphatic rings. The molecule has 0 aliphatic carbocycles. The third-order valence-electron chi connectivity index (χ3n) is 3.05. The van der Waals surface area contributed by atoms with E-state index < -0.39 is 12.1 Å². The highest BCUT2D eigenvalue weighted by Gasteiger charge is 2.31. The number of nitrogens with two attached hydrogens (primary N) is 1. The molecule has 1 aliphatic heterocycles. The van der Waals surface area contributed by atoms with Crippen LogP contribution >= 0.6 is 0 Å². The second-order valence-electron chi connectivity index (χ2n) is 4.72. The van der Waals surface area contributed by atoms with Crippen LogP contribution in [0.5, 0.6) is 0 Å². The van der Waals surface area contributed by atoms with E-state index in [4.69, 9.17) is 15.6 Å². The Morgan fingerprint density at radius 3 is 2.67 bits per heavy atom. The van der Waals surface area contributed by atoms with Crippen molar-refractivity contribution in [1.29, 1.82) is 0 Å². The second-order valence-corrected chi connectivity index (χ2v) is 4.72. The quantitative estimate of drug-likeness (QED) is 0.649. The number of carboxylic acid groups (broad SMARTS) is 1. The Bertz CT molecular complexity index is 296. The maximum atomic E-state index is 11.0. The number of unbranched alkanes of at least 4 members (excludes halogenated alkanes) is 1. The topological polar surface area (TPSA) is 92.9 Å². The van der Waals surface area contributed by atoms with Gasteiger partial charge < -0.3 is 15.6 Å². The zero-order chi connectivity index (χ0) is 13.5. The van der Waals surface area contributed by atoms with Crippen LogP contribution in [0.3, 0.4) is 0 Å². The van der Waals surface area contributed by atoms with Crippen molar-refractivity contribution in [3.63, 3.8) is 0 Å². The number of rotatable bonds is 8. The van der Waals surface area contributed by atoms with Gasteiger partial charge in [-0.15, -0.1) is 0 Å². The summed E-state index contributed by atoms with van der Waals surface area (Å²) in [5, 5.41) is 8.84. The number of primary amides is 1. The van der Waals surface area contributed by atoms with Crippen molar-refractivity contribution in [2.75, 3.05) is 19.6 Å². The van der Waals surface area contributed by atoms with Gasteiger partial charge in [0.05, 0.1) is 12.6 Å². The van der Waals surface area contributed by atoms with Crippen LogP contribution in [0.1, 0.15) is 32.6 Å². The molecule has 1 amide bonds. The SMILES string of the molecule is CCCCN(CC(N)=O)CC1CCC(C(=O)O)O1. The fourth-order valence-corrected chi connectivity index (χ4v) is 2.15. The van der Waals surface area contributed by atoms with Crippen LogP contribution in [0.4, 0.5) is 0 Å².